The molecule has 0 aliphatic heterocycles. The average molecular weight is 248 g/mol. The van der Waals surface area contributed by atoms with Crippen LogP contribution in [0.15, 0.2) is 12.3 Å². The summed E-state index contributed by atoms with van der Waals surface area (Å²) in [5.41, 5.74) is 4.96. The second-order valence-electron chi connectivity index (χ2n) is 4.39. The molecule has 0 bridgehead atoms. The second-order valence-corrected chi connectivity index (χ2v) is 4.39. The molecule has 3 nitrogen and oxygen atoms in total. The van der Waals surface area contributed by atoms with Gasteiger partial charge in [-0.3, -0.25) is 4.98 Å². The van der Waals surface area contributed by atoms with Gasteiger partial charge < -0.3 is 10.5 Å². The number of ether oxygens (including phenoxy) is 1. The fourth-order valence-electron chi connectivity index (χ4n) is 1.42. The SMILES string of the molecule is CC(C)(COCC(F)F)c1ncc(N)cc1F. The Kier molecular flexibility index (Phi) is 4.34. The van der Waals surface area contributed by atoms with E-state index in [1.54, 1.807) is 13.8 Å². The van der Waals surface area contributed by atoms with E-state index in [1.165, 1.54) is 6.20 Å². The summed E-state index contributed by atoms with van der Waals surface area (Å²) in [6.45, 7) is 2.63. The number of nitrogens with two attached hydrogens (primary N) is 1. The van der Waals surface area contributed by atoms with Crippen LogP contribution in [0.4, 0.5) is 18.9 Å². The average Bonchev–Trinajstić information content (AvgIpc) is 2.15. The van der Waals surface area contributed by atoms with Crippen LogP contribution in [0.2, 0.25) is 0 Å². The van der Waals surface area contributed by atoms with E-state index in [0.29, 0.717) is 0 Å². The van der Waals surface area contributed by atoms with Crippen LogP contribution in [0.25, 0.3) is 0 Å². The van der Waals surface area contributed by atoms with Crippen LogP contribution in [0.3, 0.4) is 0 Å². The Labute approximate surface area is 97.8 Å². The summed E-state index contributed by atoms with van der Waals surface area (Å²) < 4.78 is 42.2. The first kappa shape index (κ1) is 13.8. The lowest BCUT2D eigenvalue weighted by atomic mass is 9.89. The highest BCUT2D eigenvalue weighted by Gasteiger charge is 2.26. The van der Waals surface area contributed by atoms with Crippen LogP contribution >= 0.6 is 0 Å². The molecule has 0 aliphatic rings. The summed E-state index contributed by atoms with van der Waals surface area (Å²) in [7, 11) is 0. The summed E-state index contributed by atoms with van der Waals surface area (Å²) in [6, 6.07) is 1.15. The summed E-state index contributed by atoms with van der Waals surface area (Å²) in [5, 5.41) is 0. The highest BCUT2D eigenvalue weighted by molar-refractivity contribution is 5.37. The predicted octanol–water partition coefficient (Wildman–Crippen LogP) is 2.36. The number of hydrogen-bond acceptors (Lipinski definition) is 3. The topological polar surface area (TPSA) is 48.1 Å². The molecule has 1 aromatic rings. The Morgan fingerprint density at radius 2 is 2.12 bits per heavy atom. The van der Waals surface area contributed by atoms with Gasteiger partial charge in [-0.1, -0.05) is 13.8 Å². The second kappa shape index (κ2) is 5.35. The van der Waals surface area contributed by atoms with Gasteiger partial charge >= 0.3 is 0 Å². The van der Waals surface area contributed by atoms with Crippen molar-refractivity contribution in [2.45, 2.75) is 25.7 Å². The molecule has 6 heteroatoms. The van der Waals surface area contributed by atoms with Crippen molar-refractivity contribution >= 4 is 5.69 Å². The van der Waals surface area contributed by atoms with E-state index in [0.717, 1.165) is 6.07 Å². The van der Waals surface area contributed by atoms with Gasteiger partial charge in [0.05, 0.1) is 24.2 Å². The highest BCUT2D eigenvalue weighted by Crippen LogP contribution is 2.25. The number of nitrogens with zero attached hydrogens (tertiary/aromatic N) is 1. The van der Waals surface area contributed by atoms with E-state index in [4.69, 9.17) is 10.5 Å². The molecule has 0 spiro atoms. The van der Waals surface area contributed by atoms with Gasteiger partial charge in [0.2, 0.25) is 0 Å². The Morgan fingerprint density at radius 1 is 1.47 bits per heavy atom. The number of anilines is 1. The lowest BCUT2D eigenvalue weighted by molar-refractivity contribution is 0.000918. The van der Waals surface area contributed by atoms with Crippen LogP contribution in [0.5, 0.6) is 0 Å². The molecule has 0 saturated carbocycles. The maximum absolute atomic E-state index is 13.6. The molecule has 2 N–H and O–H groups in total. The summed E-state index contributed by atoms with van der Waals surface area (Å²) >= 11 is 0. The molecule has 1 heterocycles. The van der Waals surface area contributed by atoms with Gasteiger partial charge in [0.25, 0.3) is 6.43 Å². The van der Waals surface area contributed by atoms with E-state index in [1.807, 2.05) is 0 Å². The maximum Gasteiger partial charge on any atom is 0.261 e. The van der Waals surface area contributed by atoms with E-state index in [-0.39, 0.29) is 18.0 Å². The molecule has 0 saturated heterocycles. The van der Waals surface area contributed by atoms with Crippen LogP contribution < -0.4 is 5.73 Å². The standard InChI is InChI=1S/C11H15F3N2O/c1-11(2,6-17-5-9(13)14)10-8(12)3-7(15)4-16-10/h3-4,9H,5-6,15H2,1-2H3. The molecule has 1 rings (SSSR count). The van der Waals surface area contributed by atoms with Crippen LogP contribution in [-0.2, 0) is 10.2 Å². The third-order valence-corrected chi connectivity index (χ3v) is 2.21. The molecule has 0 amide bonds. The van der Waals surface area contributed by atoms with E-state index in [9.17, 15) is 13.2 Å². The van der Waals surface area contributed by atoms with E-state index < -0.39 is 24.3 Å². The number of hydrogen-bond donors (Lipinski definition) is 1. The van der Waals surface area contributed by atoms with E-state index in [2.05, 4.69) is 4.98 Å². The van der Waals surface area contributed by atoms with Crippen LogP contribution in [-0.4, -0.2) is 24.6 Å². The van der Waals surface area contributed by atoms with Crippen molar-refractivity contribution in [2.75, 3.05) is 18.9 Å². The zero-order valence-corrected chi connectivity index (χ0v) is 9.71. The highest BCUT2D eigenvalue weighted by atomic mass is 19.3. The number of aromatic nitrogens is 1. The third-order valence-electron chi connectivity index (χ3n) is 2.21. The largest absolute Gasteiger partial charge is 0.397 e. The Bertz CT molecular complexity index is 383. The van der Waals surface area contributed by atoms with Crippen molar-refractivity contribution < 1.29 is 17.9 Å². The van der Waals surface area contributed by atoms with E-state index >= 15 is 0 Å². The van der Waals surface area contributed by atoms with Crippen molar-refractivity contribution in [1.29, 1.82) is 0 Å². The number of pyridine rings is 1. The predicted molar refractivity (Wildman–Crippen MR) is 58.5 cm³/mol. The molecule has 0 radical (unpaired) electrons. The quantitative estimate of drug-likeness (QED) is 0.870. The third kappa shape index (κ3) is 3.89. The zero-order valence-electron chi connectivity index (χ0n) is 9.71. The molecule has 96 valence electrons. The minimum absolute atomic E-state index is 0.0365. The molecule has 0 aromatic carbocycles. The van der Waals surface area contributed by atoms with Crippen LogP contribution in [0.1, 0.15) is 19.5 Å². The molecule has 0 fully saturated rings. The minimum Gasteiger partial charge on any atom is -0.397 e. The molecular formula is C11H15F3N2O. The number of nitrogen functional groups attached to an aromatic ring is 1. The maximum atomic E-state index is 13.6. The van der Waals surface area contributed by atoms with Crippen molar-refractivity contribution in [3.05, 3.63) is 23.8 Å². The fraction of sp³-hybridized carbons (Fsp3) is 0.545. The van der Waals surface area contributed by atoms with Gasteiger partial charge in [-0.25, -0.2) is 13.2 Å². The van der Waals surface area contributed by atoms with Crippen molar-refractivity contribution in [3.8, 4) is 0 Å². The fourth-order valence-corrected chi connectivity index (χ4v) is 1.42. The zero-order chi connectivity index (χ0) is 13.1. The molecule has 0 unspecified atom stereocenters. The van der Waals surface area contributed by atoms with Gasteiger partial charge in [0, 0.05) is 11.5 Å². The molecular weight excluding hydrogens is 233 g/mol. The Hall–Kier alpha value is -1.30. The summed E-state index contributed by atoms with van der Waals surface area (Å²) in [4.78, 5) is 3.88. The lowest BCUT2D eigenvalue weighted by Gasteiger charge is -2.24. The molecule has 0 aliphatic carbocycles. The smallest absolute Gasteiger partial charge is 0.261 e. The van der Waals surface area contributed by atoms with Crippen molar-refractivity contribution in [1.82, 2.24) is 4.98 Å². The van der Waals surface area contributed by atoms with Gasteiger partial charge in [-0.05, 0) is 0 Å². The molecule has 17 heavy (non-hydrogen) atoms. The monoisotopic (exact) mass is 248 g/mol. The first-order valence-electron chi connectivity index (χ1n) is 5.10. The summed E-state index contributed by atoms with van der Waals surface area (Å²) in [5.74, 6) is -0.560. The van der Waals surface area contributed by atoms with Gasteiger partial charge in [-0.2, -0.15) is 0 Å². The number of halogens is 3. The normalized spacial score (nSPS) is 12.1. The Balaban J connectivity index is 2.74. The molecule has 0 atom stereocenters. The van der Waals surface area contributed by atoms with Gasteiger partial charge in [0.1, 0.15) is 12.4 Å². The number of rotatable bonds is 5. The lowest BCUT2D eigenvalue weighted by Crippen LogP contribution is -2.28. The first-order valence-corrected chi connectivity index (χ1v) is 5.10. The van der Waals surface area contributed by atoms with Crippen LogP contribution in [0, 0.1) is 5.82 Å². The van der Waals surface area contributed by atoms with Crippen molar-refractivity contribution in [2.24, 2.45) is 0 Å². The molecule has 1 aromatic heterocycles. The minimum atomic E-state index is -2.53. The van der Waals surface area contributed by atoms with Gasteiger partial charge in [0.15, 0.2) is 0 Å². The van der Waals surface area contributed by atoms with Crippen molar-refractivity contribution in [3.63, 3.8) is 0 Å². The number of alkyl halides is 2. The van der Waals surface area contributed by atoms with Gasteiger partial charge in [-0.15, -0.1) is 0 Å². The summed E-state index contributed by atoms with van der Waals surface area (Å²) in [6.07, 6.45) is -1.21. The Morgan fingerprint density at radius 3 is 2.65 bits per heavy atom. The first-order chi connectivity index (χ1) is 7.83.